The van der Waals surface area contributed by atoms with Crippen molar-refractivity contribution in [2.45, 2.75) is 77.5 Å². The molecule has 4 unspecified atom stereocenters. The van der Waals surface area contributed by atoms with Gasteiger partial charge >= 0.3 is 5.97 Å². The van der Waals surface area contributed by atoms with Gasteiger partial charge in [0.15, 0.2) is 0 Å². The highest BCUT2D eigenvalue weighted by Crippen LogP contribution is 2.12. The van der Waals surface area contributed by atoms with Crippen molar-refractivity contribution in [1.82, 2.24) is 16.0 Å². The van der Waals surface area contributed by atoms with Crippen molar-refractivity contribution in [3.8, 4) is 5.75 Å². The molecule has 4 atom stereocenters. The Bertz CT molecular complexity index is 949. The number of carbonyl (C=O) groups is 5. The van der Waals surface area contributed by atoms with Gasteiger partial charge in [-0.1, -0.05) is 39.8 Å². The van der Waals surface area contributed by atoms with Crippen LogP contribution in [0.1, 0.15) is 52.5 Å². The van der Waals surface area contributed by atoms with E-state index >= 15 is 0 Å². The summed E-state index contributed by atoms with van der Waals surface area (Å²) in [7, 11) is 0. The van der Waals surface area contributed by atoms with Gasteiger partial charge < -0.3 is 37.6 Å². The normalized spacial score (nSPS) is 14.4. The summed E-state index contributed by atoms with van der Waals surface area (Å²) in [6.45, 7) is 6.95. The van der Waals surface area contributed by atoms with E-state index in [0.29, 0.717) is 5.56 Å². The lowest BCUT2D eigenvalue weighted by atomic mass is 9.99. The van der Waals surface area contributed by atoms with E-state index in [1.165, 1.54) is 12.1 Å². The maximum atomic E-state index is 13.1. The molecule has 12 nitrogen and oxygen atoms in total. The lowest BCUT2D eigenvalue weighted by molar-refractivity contribution is -0.143. The molecule has 9 N–H and O–H groups in total. The average molecular weight is 522 g/mol. The topological polar surface area (TPSA) is 214 Å². The Labute approximate surface area is 216 Å². The Morgan fingerprint density at radius 1 is 0.865 bits per heavy atom. The first-order chi connectivity index (χ1) is 17.2. The van der Waals surface area contributed by atoms with Gasteiger partial charge in [-0.2, -0.15) is 0 Å². The second-order valence-electron chi connectivity index (χ2n) is 9.80. The van der Waals surface area contributed by atoms with Gasteiger partial charge in [-0.25, -0.2) is 4.79 Å². The highest BCUT2D eigenvalue weighted by molar-refractivity contribution is 5.94. The van der Waals surface area contributed by atoms with Gasteiger partial charge in [0.1, 0.15) is 23.9 Å². The Hall–Kier alpha value is -3.67. The number of nitrogens with two attached hydrogens (primary N) is 2. The molecule has 37 heavy (non-hydrogen) atoms. The number of hydrogen-bond acceptors (Lipinski definition) is 7. The number of rotatable bonds is 15. The van der Waals surface area contributed by atoms with Crippen LogP contribution in [0.15, 0.2) is 24.3 Å². The Balaban J connectivity index is 3.00. The summed E-state index contributed by atoms with van der Waals surface area (Å²) in [5.74, 6) is -4.31. The third kappa shape index (κ3) is 11.3. The monoisotopic (exact) mass is 521 g/mol. The molecule has 206 valence electrons. The van der Waals surface area contributed by atoms with Crippen molar-refractivity contribution < 1.29 is 34.2 Å². The van der Waals surface area contributed by atoms with Crippen LogP contribution in [-0.2, 0) is 30.4 Å². The number of primary amides is 1. The summed E-state index contributed by atoms with van der Waals surface area (Å²) in [6, 6.07) is 1.65. The van der Waals surface area contributed by atoms with Gasteiger partial charge in [-0.3, -0.25) is 19.2 Å². The van der Waals surface area contributed by atoms with Crippen LogP contribution in [0.3, 0.4) is 0 Å². The van der Waals surface area contributed by atoms with Crippen molar-refractivity contribution in [3.63, 3.8) is 0 Å². The SMILES string of the molecule is CC(C)CC(NC(=O)C(CCC(N)=O)NC(=O)C(N)Cc1ccc(O)cc1)C(=O)NC(C(=O)O)C(C)C. The van der Waals surface area contributed by atoms with E-state index in [0.717, 1.165) is 0 Å². The molecule has 0 spiro atoms. The average Bonchev–Trinajstić information content (AvgIpc) is 2.79. The third-order valence-electron chi connectivity index (χ3n) is 5.61. The fourth-order valence-electron chi connectivity index (χ4n) is 3.56. The number of amides is 4. The van der Waals surface area contributed by atoms with Gasteiger partial charge in [0, 0.05) is 6.42 Å². The zero-order chi connectivity index (χ0) is 28.3. The quantitative estimate of drug-likeness (QED) is 0.163. The Morgan fingerprint density at radius 2 is 1.41 bits per heavy atom. The maximum Gasteiger partial charge on any atom is 0.326 e. The van der Waals surface area contributed by atoms with Crippen molar-refractivity contribution >= 4 is 29.6 Å². The van der Waals surface area contributed by atoms with Crippen LogP contribution in [0, 0.1) is 11.8 Å². The number of aromatic hydroxyl groups is 1. The lowest BCUT2D eigenvalue weighted by Crippen LogP contribution is -2.58. The first-order valence-corrected chi connectivity index (χ1v) is 12.2. The van der Waals surface area contributed by atoms with Crippen LogP contribution in [0.4, 0.5) is 0 Å². The minimum atomic E-state index is -1.21. The van der Waals surface area contributed by atoms with E-state index in [1.807, 2.05) is 13.8 Å². The summed E-state index contributed by atoms with van der Waals surface area (Å²) in [5.41, 5.74) is 11.9. The first kappa shape index (κ1) is 31.4. The molecular weight excluding hydrogens is 482 g/mol. The molecule has 4 amide bonds. The summed E-state index contributed by atoms with van der Waals surface area (Å²) in [4.78, 5) is 61.6. The second-order valence-corrected chi connectivity index (χ2v) is 9.80. The molecule has 0 aromatic heterocycles. The van der Waals surface area contributed by atoms with Crippen LogP contribution >= 0.6 is 0 Å². The molecule has 0 bridgehead atoms. The molecule has 0 aliphatic carbocycles. The van der Waals surface area contributed by atoms with Crippen molar-refractivity contribution in [2.75, 3.05) is 0 Å². The molecule has 0 aliphatic rings. The third-order valence-corrected chi connectivity index (χ3v) is 5.61. The molecule has 12 heteroatoms. The van der Waals surface area contributed by atoms with Crippen molar-refractivity contribution in [1.29, 1.82) is 0 Å². The van der Waals surface area contributed by atoms with Gasteiger partial charge in [-0.05, 0) is 48.8 Å². The molecule has 1 rings (SSSR count). The predicted molar refractivity (Wildman–Crippen MR) is 136 cm³/mol. The van der Waals surface area contributed by atoms with Crippen molar-refractivity contribution in [2.24, 2.45) is 23.3 Å². The summed E-state index contributed by atoms with van der Waals surface area (Å²) >= 11 is 0. The van der Waals surface area contributed by atoms with E-state index in [2.05, 4.69) is 16.0 Å². The number of phenols is 1. The molecular formula is C25H39N5O7. The van der Waals surface area contributed by atoms with Gasteiger partial charge in [0.2, 0.25) is 23.6 Å². The fourth-order valence-corrected chi connectivity index (χ4v) is 3.56. The van der Waals surface area contributed by atoms with Crippen LogP contribution in [0.2, 0.25) is 0 Å². The number of carboxylic acids is 1. The van der Waals surface area contributed by atoms with Crippen LogP contribution in [0.25, 0.3) is 0 Å². The summed E-state index contributed by atoms with van der Waals surface area (Å²) in [5, 5.41) is 26.4. The predicted octanol–water partition coefficient (Wildman–Crippen LogP) is -0.231. The molecule has 1 aromatic carbocycles. The Kier molecular flexibility index (Phi) is 12.5. The molecule has 0 aliphatic heterocycles. The maximum absolute atomic E-state index is 13.1. The van der Waals surface area contributed by atoms with E-state index in [-0.39, 0.29) is 37.4 Å². The minimum Gasteiger partial charge on any atom is -0.508 e. The minimum absolute atomic E-state index is 0.0317. The highest BCUT2D eigenvalue weighted by atomic mass is 16.4. The van der Waals surface area contributed by atoms with Crippen LogP contribution in [0.5, 0.6) is 5.75 Å². The number of phenolic OH excluding ortho intramolecular Hbond substituents is 1. The summed E-state index contributed by atoms with van der Waals surface area (Å²) < 4.78 is 0. The number of benzene rings is 1. The lowest BCUT2D eigenvalue weighted by Gasteiger charge is -2.26. The van der Waals surface area contributed by atoms with Gasteiger partial charge in [-0.15, -0.1) is 0 Å². The molecule has 1 aromatic rings. The molecule has 0 saturated carbocycles. The zero-order valence-corrected chi connectivity index (χ0v) is 21.7. The van der Waals surface area contributed by atoms with E-state index in [1.54, 1.807) is 26.0 Å². The van der Waals surface area contributed by atoms with Crippen LogP contribution < -0.4 is 27.4 Å². The van der Waals surface area contributed by atoms with E-state index in [9.17, 15) is 34.2 Å². The number of carbonyl (C=O) groups excluding carboxylic acids is 4. The fraction of sp³-hybridized carbons (Fsp3) is 0.560. The number of carboxylic acid groups (broad SMARTS) is 1. The smallest absolute Gasteiger partial charge is 0.326 e. The standard InChI is InChI=1S/C25H39N5O7/c1-13(2)11-19(24(35)30-21(14(3)4)25(36)37)29-23(34)18(9-10-20(27)32)28-22(33)17(26)12-15-5-7-16(31)8-6-15/h5-8,13-14,17-19,21,31H,9-12,26H2,1-4H3,(H2,27,32)(H,28,33)(H,29,34)(H,30,35)(H,36,37). The highest BCUT2D eigenvalue weighted by Gasteiger charge is 2.31. The second kappa shape index (κ2) is 14.8. The Morgan fingerprint density at radius 3 is 1.89 bits per heavy atom. The van der Waals surface area contributed by atoms with Gasteiger partial charge in [0.05, 0.1) is 6.04 Å². The van der Waals surface area contributed by atoms with Gasteiger partial charge in [0.25, 0.3) is 0 Å². The number of nitrogens with one attached hydrogen (secondary N) is 3. The number of hydrogen-bond donors (Lipinski definition) is 7. The number of aliphatic carboxylic acids is 1. The largest absolute Gasteiger partial charge is 0.508 e. The molecule has 0 fully saturated rings. The first-order valence-electron chi connectivity index (χ1n) is 12.2. The van der Waals surface area contributed by atoms with E-state index < -0.39 is 59.7 Å². The molecule has 0 saturated heterocycles. The zero-order valence-electron chi connectivity index (χ0n) is 21.7. The van der Waals surface area contributed by atoms with Crippen LogP contribution in [-0.4, -0.2) is 64.0 Å². The summed E-state index contributed by atoms with van der Waals surface area (Å²) in [6.07, 6.45) is -0.00105. The van der Waals surface area contributed by atoms with E-state index in [4.69, 9.17) is 11.5 Å². The molecule has 0 heterocycles. The molecule has 0 radical (unpaired) electrons. The van der Waals surface area contributed by atoms with Crippen molar-refractivity contribution in [3.05, 3.63) is 29.8 Å².